The maximum Gasteiger partial charge on any atom is 0.256 e. The molecule has 0 unspecified atom stereocenters. The van der Waals surface area contributed by atoms with Crippen molar-refractivity contribution < 1.29 is 4.79 Å². The van der Waals surface area contributed by atoms with Crippen LogP contribution in [0.25, 0.3) is 11.0 Å². The quantitative estimate of drug-likeness (QED) is 0.836. The fourth-order valence-corrected chi connectivity index (χ4v) is 2.58. The summed E-state index contributed by atoms with van der Waals surface area (Å²) in [6.07, 6.45) is 8.22. The second kappa shape index (κ2) is 4.80. The standard InChI is InChI=1S/C14H17N3O/c18-14(17-8-3-1-2-4-9-17)12-10-16-13-11(12)6-5-7-15-13/h5-7,10H,1-4,8-9H2,(H,15,16). The number of carbonyl (C=O) groups excluding carboxylic acids is 1. The van der Waals surface area contributed by atoms with E-state index in [1.165, 1.54) is 12.8 Å². The molecule has 0 saturated carbocycles. The summed E-state index contributed by atoms with van der Waals surface area (Å²) in [5, 5.41) is 0.923. The van der Waals surface area contributed by atoms with Crippen molar-refractivity contribution in [3.8, 4) is 0 Å². The molecule has 18 heavy (non-hydrogen) atoms. The molecular formula is C14H17N3O. The summed E-state index contributed by atoms with van der Waals surface area (Å²) in [4.78, 5) is 21.8. The second-order valence-electron chi connectivity index (χ2n) is 4.81. The predicted molar refractivity (Wildman–Crippen MR) is 70.5 cm³/mol. The molecule has 4 nitrogen and oxygen atoms in total. The fraction of sp³-hybridized carbons (Fsp3) is 0.429. The summed E-state index contributed by atoms with van der Waals surface area (Å²) in [5.74, 6) is 0.135. The lowest BCUT2D eigenvalue weighted by atomic mass is 10.2. The third kappa shape index (κ3) is 1.98. The van der Waals surface area contributed by atoms with Gasteiger partial charge in [-0.3, -0.25) is 4.79 Å². The molecule has 3 heterocycles. The molecule has 2 aromatic heterocycles. The maximum atomic E-state index is 12.5. The van der Waals surface area contributed by atoms with Crippen LogP contribution >= 0.6 is 0 Å². The Balaban J connectivity index is 1.91. The number of amides is 1. The molecule has 0 aliphatic carbocycles. The van der Waals surface area contributed by atoms with Crippen molar-refractivity contribution in [1.29, 1.82) is 0 Å². The number of nitrogens with one attached hydrogen (secondary N) is 1. The van der Waals surface area contributed by atoms with Gasteiger partial charge in [-0.2, -0.15) is 0 Å². The van der Waals surface area contributed by atoms with Crippen molar-refractivity contribution in [3.63, 3.8) is 0 Å². The third-order valence-electron chi connectivity index (χ3n) is 3.57. The van der Waals surface area contributed by atoms with Gasteiger partial charge in [0.15, 0.2) is 0 Å². The smallest absolute Gasteiger partial charge is 0.256 e. The Bertz CT molecular complexity index is 553. The topological polar surface area (TPSA) is 49.0 Å². The summed E-state index contributed by atoms with van der Waals surface area (Å²) in [6.45, 7) is 1.76. The first-order chi connectivity index (χ1) is 8.86. The van der Waals surface area contributed by atoms with Crippen LogP contribution in [-0.4, -0.2) is 33.9 Å². The summed E-state index contributed by atoms with van der Waals surface area (Å²) in [5.41, 5.74) is 1.54. The highest BCUT2D eigenvalue weighted by atomic mass is 16.2. The van der Waals surface area contributed by atoms with Gasteiger partial charge in [-0.05, 0) is 25.0 Å². The number of fused-ring (bicyclic) bond motifs is 1. The van der Waals surface area contributed by atoms with Gasteiger partial charge >= 0.3 is 0 Å². The molecule has 3 rings (SSSR count). The van der Waals surface area contributed by atoms with Crippen molar-refractivity contribution in [1.82, 2.24) is 14.9 Å². The number of hydrogen-bond donors (Lipinski definition) is 1. The number of nitrogens with zero attached hydrogens (tertiary/aromatic N) is 2. The molecule has 2 aromatic rings. The van der Waals surface area contributed by atoms with E-state index in [-0.39, 0.29) is 5.91 Å². The van der Waals surface area contributed by atoms with E-state index in [0.29, 0.717) is 0 Å². The zero-order valence-electron chi connectivity index (χ0n) is 10.4. The van der Waals surface area contributed by atoms with Crippen molar-refractivity contribution in [2.75, 3.05) is 13.1 Å². The zero-order valence-corrected chi connectivity index (χ0v) is 10.4. The van der Waals surface area contributed by atoms with Crippen molar-refractivity contribution in [3.05, 3.63) is 30.1 Å². The third-order valence-corrected chi connectivity index (χ3v) is 3.57. The highest BCUT2D eigenvalue weighted by Crippen LogP contribution is 2.19. The van der Waals surface area contributed by atoms with E-state index in [1.807, 2.05) is 17.0 Å². The SMILES string of the molecule is O=C(c1c[nH]c2ncccc12)N1CCCCCC1. The number of pyridine rings is 1. The van der Waals surface area contributed by atoms with Gasteiger partial charge in [-0.15, -0.1) is 0 Å². The van der Waals surface area contributed by atoms with Crippen LogP contribution in [0.1, 0.15) is 36.0 Å². The van der Waals surface area contributed by atoms with Gasteiger partial charge in [-0.25, -0.2) is 4.98 Å². The molecule has 0 radical (unpaired) electrons. The summed E-state index contributed by atoms with van der Waals surface area (Å²) in [7, 11) is 0. The van der Waals surface area contributed by atoms with Crippen molar-refractivity contribution in [2.45, 2.75) is 25.7 Å². The molecule has 1 aliphatic rings. The molecule has 0 atom stereocenters. The van der Waals surface area contributed by atoms with Gasteiger partial charge in [0.05, 0.1) is 5.56 Å². The molecular weight excluding hydrogens is 226 g/mol. The van der Waals surface area contributed by atoms with Gasteiger partial charge in [0, 0.05) is 30.9 Å². The van der Waals surface area contributed by atoms with E-state index >= 15 is 0 Å². The van der Waals surface area contributed by atoms with E-state index in [0.717, 1.165) is 42.5 Å². The second-order valence-corrected chi connectivity index (χ2v) is 4.81. The number of rotatable bonds is 1. The van der Waals surface area contributed by atoms with Crippen molar-refractivity contribution >= 4 is 16.9 Å². The van der Waals surface area contributed by atoms with Gasteiger partial charge < -0.3 is 9.88 Å². The predicted octanol–water partition coefficient (Wildman–Crippen LogP) is 2.58. The average Bonchev–Trinajstić information content (AvgIpc) is 2.65. The van der Waals surface area contributed by atoms with Crippen LogP contribution in [-0.2, 0) is 0 Å². The molecule has 1 amide bonds. The van der Waals surface area contributed by atoms with Gasteiger partial charge in [0.25, 0.3) is 5.91 Å². The van der Waals surface area contributed by atoms with Crippen LogP contribution in [0.4, 0.5) is 0 Å². The minimum Gasteiger partial charge on any atom is -0.345 e. The Morgan fingerprint density at radius 1 is 1.22 bits per heavy atom. The van der Waals surface area contributed by atoms with Crippen LogP contribution in [0.3, 0.4) is 0 Å². The van der Waals surface area contributed by atoms with Crippen LogP contribution in [0, 0.1) is 0 Å². The van der Waals surface area contributed by atoms with Crippen LogP contribution in [0.2, 0.25) is 0 Å². The normalized spacial score (nSPS) is 16.8. The maximum absolute atomic E-state index is 12.5. The lowest BCUT2D eigenvalue weighted by Crippen LogP contribution is -2.31. The molecule has 0 bridgehead atoms. The highest BCUT2D eigenvalue weighted by Gasteiger charge is 2.20. The van der Waals surface area contributed by atoms with E-state index in [4.69, 9.17) is 0 Å². The number of aromatic amines is 1. The number of H-pyrrole nitrogens is 1. The molecule has 4 heteroatoms. The first-order valence-electron chi connectivity index (χ1n) is 6.57. The zero-order chi connectivity index (χ0) is 12.4. The van der Waals surface area contributed by atoms with Gasteiger partial charge in [0.1, 0.15) is 5.65 Å². The summed E-state index contributed by atoms with van der Waals surface area (Å²) < 4.78 is 0. The minimum absolute atomic E-state index is 0.135. The Kier molecular flexibility index (Phi) is 3.00. The number of hydrogen-bond acceptors (Lipinski definition) is 2. The van der Waals surface area contributed by atoms with E-state index in [1.54, 1.807) is 12.4 Å². The average molecular weight is 243 g/mol. The lowest BCUT2D eigenvalue weighted by molar-refractivity contribution is 0.0763. The van der Waals surface area contributed by atoms with Gasteiger partial charge in [0.2, 0.25) is 0 Å². The molecule has 0 spiro atoms. The number of aromatic nitrogens is 2. The molecule has 1 N–H and O–H groups in total. The molecule has 1 saturated heterocycles. The Hall–Kier alpha value is -1.84. The molecule has 1 fully saturated rings. The Morgan fingerprint density at radius 2 is 2.00 bits per heavy atom. The van der Waals surface area contributed by atoms with E-state index in [9.17, 15) is 4.79 Å². The van der Waals surface area contributed by atoms with E-state index in [2.05, 4.69) is 9.97 Å². The first kappa shape index (κ1) is 11.3. The lowest BCUT2D eigenvalue weighted by Gasteiger charge is -2.19. The van der Waals surface area contributed by atoms with Crippen LogP contribution < -0.4 is 0 Å². The monoisotopic (exact) mass is 243 g/mol. The fourth-order valence-electron chi connectivity index (χ4n) is 2.58. The Morgan fingerprint density at radius 3 is 2.78 bits per heavy atom. The molecule has 1 aliphatic heterocycles. The highest BCUT2D eigenvalue weighted by molar-refractivity contribution is 6.05. The summed E-state index contributed by atoms with van der Waals surface area (Å²) >= 11 is 0. The van der Waals surface area contributed by atoms with Crippen LogP contribution in [0.15, 0.2) is 24.5 Å². The number of carbonyl (C=O) groups is 1. The minimum atomic E-state index is 0.135. The van der Waals surface area contributed by atoms with Gasteiger partial charge in [-0.1, -0.05) is 12.8 Å². The summed E-state index contributed by atoms with van der Waals surface area (Å²) in [6, 6.07) is 3.82. The molecule has 0 aromatic carbocycles. The largest absolute Gasteiger partial charge is 0.345 e. The van der Waals surface area contributed by atoms with E-state index < -0.39 is 0 Å². The van der Waals surface area contributed by atoms with Crippen LogP contribution in [0.5, 0.6) is 0 Å². The molecule has 94 valence electrons. The number of likely N-dealkylation sites (tertiary alicyclic amines) is 1. The van der Waals surface area contributed by atoms with Crippen molar-refractivity contribution in [2.24, 2.45) is 0 Å². The first-order valence-corrected chi connectivity index (χ1v) is 6.57. The Labute approximate surface area is 106 Å².